The SMILES string of the molecule is CCOc1ccc(-c2cccc(NC(=O)c3ccc(C(F)(F)F)cc3)c2)nn1. The Kier molecular flexibility index (Phi) is 5.58. The lowest BCUT2D eigenvalue weighted by Gasteiger charge is -2.09. The third-order valence-corrected chi connectivity index (χ3v) is 3.82. The summed E-state index contributed by atoms with van der Waals surface area (Å²) in [4.78, 5) is 12.3. The Labute approximate surface area is 159 Å². The zero-order valence-electron chi connectivity index (χ0n) is 14.8. The number of carbonyl (C=O) groups is 1. The number of rotatable bonds is 5. The molecule has 0 atom stereocenters. The van der Waals surface area contributed by atoms with E-state index in [1.165, 1.54) is 0 Å². The van der Waals surface area contributed by atoms with Crippen LogP contribution in [0.1, 0.15) is 22.8 Å². The second kappa shape index (κ2) is 8.08. The predicted octanol–water partition coefficient (Wildman–Crippen LogP) is 4.81. The van der Waals surface area contributed by atoms with Crippen LogP contribution in [0.25, 0.3) is 11.3 Å². The summed E-state index contributed by atoms with van der Waals surface area (Å²) in [6.07, 6.45) is -4.44. The fourth-order valence-corrected chi connectivity index (χ4v) is 2.47. The first-order chi connectivity index (χ1) is 13.4. The summed E-state index contributed by atoms with van der Waals surface area (Å²) < 4.78 is 43.1. The maximum atomic E-state index is 12.6. The number of hydrogen-bond acceptors (Lipinski definition) is 4. The summed E-state index contributed by atoms with van der Waals surface area (Å²) in [6, 6.07) is 14.4. The summed E-state index contributed by atoms with van der Waals surface area (Å²) in [5.41, 5.74) is 1.12. The van der Waals surface area contributed by atoms with E-state index in [-0.39, 0.29) is 5.56 Å². The molecule has 0 unspecified atom stereocenters. The van der Waals surface area contributed by atoms with Gasteiger partial charge in [0, 0.05) is 22.9 Å². The molecule has 0 bridgehead atoms. The molecule has 28 heavy (non-hydrogen) atoms. The van der Waals surface area contributed by atoms with Gasteiger partial charge in [-0.3, -0.25) is 4.79 Å². The number of carbonyl (C=O) groups excluding carboxylic acids is 1. The molecule has 0 aliphatic heterocycles. The molecule has 0 saturated heterocycles. The van der Waals surface area contributed by atoms with Crippen molar-refractivity contribution in [2.75, 3.05) is 11.9 Å². The van der Waals surface area contributed by atoms with Gasteiger partial charge < -0.3 is 10.1 Å². The smallest absolute Gasteiger partial charge is 0.416 e. The summed E-state index contributed by atoms with van der Waals surface area (Å²) >= 11 is 0. The van der Waals surface area contributed by atoms with Crippen molar-refractivity contribution in [3.05, 3.63) is 71.8 Å². The maximum Gasteiger partial charge on any atom is 0.416 e. The minimum Gasteiger partial charge on any atom is -0.477 e. The maximum absolute atomic E-state index is 12.6. The number of halogens is 3. The van der Waals surface area contributed by atoms with Crippen molar-refractivity contribution >= 4 is 11.6 Å². The minimum atomic E-state index is -4.44. The molecular formula is C20H16F3N3O2. The Balaban J connectivity index is 1.74. The molecule has 3 rings (SSSR count). The number of amides is 1. The van der Waals surface area contributed by atoms with Crippen LogP contribution in [0.2, 0.25) is 0 Å². The van der Waals surface area contributed by atoms with Crippen molar-refractivity contribution in [3.63, 3.8) is 0 Å². The van der Waals surface area contributed by atoms with Gasteiger partial charge in [0.25, 0.3) is 5.91 Å². The van der Waals surface area contributed by atoms with Crippen LogP contribution in [0.4, 0.5) is 18.9 Å². The molecule has 5 nitrogen and oxygen atoms in total. The fraction of sp³-hybridized carbons (Fsp3) is 0.150. The second-order valence-electron chi connectivity index (χ2n) is 5.80. The second-order valence-corrected chi connectivity index (χ2v) is 5.80. The van der Waals surface area contributed by atoms with Gasteiger partial charge in [0.2, 0.25) is 5.88 Å². The lowest BCUT2D eigenvalue weighted by Crippen LogP contribution is -2.13. The Morgan fingerprint density at radius 3 is 2.39 bits per heavy atom. The lowest BCUT2D eigenvalue weighted by molar-refractivity contribution is -0.137. The molecule has 144 valence electrons. The summed E-state index contributed by atoms with van der Waals surface area (Å²) in [5.74, 6) is -0.0957. The van der Waals surface area contributed by atoms with Gasteiger partial charge in [0.15, 0.2) is 0 Å². The molecule has 0 aliphatic carbocycles. The number of nitrogens with one attached hydrogen (secondary N) is 1. The van der Waals surface area contributed by atoms with Gasteiger partial charge in [-0.05, 0) is 49.4 Å². The van der Waals surface area contributed by atoms with E-state index in [4.69, 9.17) is 4.74 Å². The van der Waals surface area contributed by atoms with Crippen molar-refractivity contribution in [3.8, 4) is 17.1 Å². The number of anilines is 1. The van der Waals surface area contributed by atoms with E-state index < -0.39 is 17.6 Å². The Bertz CT molecular complexity index is 956. The van der Waals surface area contributed by atoms with E-state index in [1.807, 2.05) is 6.92 Å². The van der Waals surface area contributed by atoms with Crippen LogP contribution < -0.4 is 10.1 Å². The fourth-order valence-electron chi connectivity index (χ4n) is 2.47. The molecule has 1 aromatic heterocycles. The molecule has 1 amide bonds. The lowest BCUT2D eigenvalue weighted by atomic mass is 10.1. The van der Waals surface area contributed by atoms with Crippen LogP contribution >= 0.6 is 0 Å². The van der Waals surface area contributed by atoms with Gasteiger partial charge in [-0.25, -0.2) is 0 Å². The molecule has 0 saturated carbocycles. The Morgan fingerprint density at radius 1 is 1.04 bits per heavy atom. The first kappa shape index (κ1) is 19.3. The van der Waals surface area contributed by atoms with Crippen molar-refractivity contribution in [2.24, 2.45) is 0 Å². The molecule has 1 N–H and O–H groups in total. The summed E-state index contributed by atoms with van der Waals surface area (Å²) in [5, 5.41) is 10.7. The van der Waals surface area contributed by atoms with Crippen LogP contribution in [-0.4, -0.2) is 22.7 Å². The highest BCUT2D eigenvalue weighted by Gasteiger charge is 2.30. The van der Waals surface area contributed by atoms with E-state index in [0.717, 1.165) is 29.8 Å². The average Bonchev–Trinajstić information content (AvgIpc) is 2.68. The van der Waals surface area contributed by atoms with E-state index >= 15 is 0 Å². The normalized spacial score (nSPS) is 11.1. The van der Waals surface area contributed by atoms with E-state index in [9.17, 15) is 18.0 Å². The zero-order valence-corrected chi connectivity index (χ0v) is 14.8. The van der Waals surface area contributed by atoms with Crippen molar-refractivity contribution < 1.29 is 22.7 Å². The van der Waals surface area contributed by atoms with Gasteiger partial charge >= 0.3 is 6.18 Å². The molecule has 8 heteroatoms. The minimum absolute atomic E-state index is 0.124. The van der Waals surface area contributed by atoms with Gasteiger partial charge in [0.1, 0.15) is 0 Å². The molecule has 0 fully saturated rings. The van der Waals surface area contributed by atoms with Gasteiger partial charge in [-0.1, -0.05) is 12.1 Å². The van der Waals surface area contributed by atoms with E-state index in [0.29, 0.717) is 23.9 Å². The van der Waals surface area contributed by atoms with Gasteiger partial charge in [-0.15, -0.1) is 10.2 Å². The number of hydrogen-bond donors (Lipinski definition) is 1. The molecule has 2 aromatic carbocycles. The van der Waals surface area contributed by atoms with Crippen LogP contribution in [-0.2, 0) is 6.18 Å². The average molecular weight is 387 g/mol. The number of ether oxygens (including phenoxy) is 1. The first-order valence-corrected chi connectivity index (χ1v) is 8.42. The van der Waals surface area contributed by atoms with Crippen LogP contribution in [0.15, 0.2) is 60.7 Å². The molecular weight excluding hydrogens is 371 g/mol. The number of alkyl halides is 3. The first-order valence-electron chi connectivity index (χ1n) is 8.42. The van der Waals surface area contributed by atoms with Crippen molar-refractivity contribution in [1.29, 1.82) is 0 Å². The van der Waals surface area contributed by atoms with E-state index in [1.54, 1.807) is 36.4 Å². The molecule has 1 heterocycles. The topological polar surface area (TPSA) is 64.1 Å². The van der Waals surface area contributed by atoms with Crippen molar-refractivity contribution in [2.45, 2.75) is 13.1 Å². The summed E-state index contributed by atoms with van der Waals surface area (Å²) in [6.45, 7) is 2.33. The van der Waals surface area contributed by atoms with Gasteiger partial charge in [0.05, 0.1) is 17.9 Å². The summed E-state index contributed by atoms with van der Waals surface area (Å²) in [7, 11) is 0. The zero-order chi connectivity index (χ0) is 20.1. The standard InChI is InChI=1S/C20H16F3N3O2/c1-2-28-18-11-10-17(25-26-18)14-4-3-5-16(12-14)24-19(27)13-6-8-15(9-7-13)20(21,22)23/h3-12H,2H2,1H3,(H,24,27). The quantitative estimate of drug-likeness (QED) is 0.682. The largest absolute Gasteiger partial charge is 0.477 e. The van der Waals surface area contributed by atoms with E-state index in [2.05, 4.69) is 15.5 Å². The van der Waals surface area contributed by atoms with Crippen LogP contribution in [0, 0.1) is 0 Å². The highest BCUT2D eigenvalue weighted by Crippen LogP contribution is 2.29. The molecule has 0 spiro atoms. The number of aromatic nitrogens is 2. The van der Waals surface area contributed by atoms with Crippen LogP contribution in [0.5, 0.6) is 5.88 Å². The molecule has 3 aromatic rings. The third-order valence-electron chi connectivity index (χ3n) is 3.82. The highest BCUT2D eigenvalue weighted by atomic mass is 19.4. The number of nitrogens with zero attached hydrogens (tertiary/aromatic N) is 2. The highest BCUT2D eigenvalue weighted by molar-refractivity contribution is 6.04. The van der Waals surface area contributed by atoms with Crippen molar-refractivity contribution in [1.82, 2.24) is 10.2 Å². The van der Waals surface area contributed by atoms with Crippen LogP contribution in [0.3, 0.4) is 0 Å². The monoisotopic (exact) mass is 387 g/mol. The number of benzene rings is 2. The molecule has 0 aliphatic rings. The Morgan fingerprint density at radius 2 is 1.79 bits per heavy atom. The third kappa shape index (κ3) is 4.64. The molecule has 0 radical (unpaired) electrons. The predicted molar refractivity (Wildman–Crippen MR) is 98.0 cm³/mol. The van der Waals surface area contributed by atoms with Gasteiger partial charge in [-0.2, -0.15) is 13.2 Å². The Hall–Kier alpha value is -3.42.